The normalized spacial score (nSPS) is 21.1. The molecule has 1 fully saturated rings. The molecule has 2 heterocycles. The predicted molar refractivity (Wildman–Crippen MR) is 108 cm³/mol. The highest BCUT2D eigenvalue weighted by atomic mass is 16.5. The topological polar surface area (TPSA) is 123 Å². The van der Waals surface area contributed by atoms with E-state index in [9.17, 15) is 24.0 Å². The highest BCUT2D eigenvalue weighted by Gasteiger charge is 2.47. The average molecular weight is 430 g/mol. The van der Waals surface area contributed by atoms with Crippen molar-refractivity contribution < 1.29 is 33.4 Å². The van der Waals surface area contributed by atoms with E-state index in [2.05, 4.69) is 4.98 Å². The summed E-state index contributed by atoms with van der Waals surface area (Å²) >= 11 is 0. The molecule has 1 aliphatic heterocycles. The van der Waals surface area contributed by atoms with Crippen LogP contribution in [0.2, 0.25) is 0 Å². The first-order chi connectivity index (χ1) is 14.7. The number of aryl methyl sites for hydroxylation is 1. The molecule has 0 aromatic carbocycles. The Bertz CT molecular complexity index is 949. The molecule has 1 aromatic heterocycles. The van der Waals surface area contributed by atoms with Crippen LogP contribution in [0.4, 0.5) is 0 Å². The number of rotatable bonds is 7. The number of ether oxygens (including phenoxy) is 2. The lowest BCUT2D eigenvalue weighted by molar-refractivity contribution is -0.147. The Morgan fingerprint density at radius 2 is 1.71 bits per heavy atom. The number of aromatic amines is 1. The minimum Gasteiger partial charge on any atom is -0.465 e. The first-order valence-corrected chi connectivity index (χ1v) is 10.2. The van der Waals surface area contributed by atoms with E-state index in [0.717, 1.165) is 4.90 Å². The van der Waals surface area contributed by atoms with E-state index in [1.165, 1.54) is 14.0 Å². The predicted octanol–water partition coefficient (Wildman–Crippen LogP) is 1.87. The molecule has 2 amide bonds. The van der Waals surface area contributed by atoms with E-state index >= 15 is 0 Å². The van der Waals surface area contributed by atoms with E-state index in [1.807, 2.05) is 12.2 Å². The Morgan fingerprint density at radius 3 is 2.26 bits per heavy atom. The number of Topliss-reactive ketones (excluding diaryl/α,β-unsaturated/α-hetero) is 1. The smallest absolute Gasteiger partial charge is 0.339 e. The SMILES string of the molecule is COC(=O)c1c(C)[nH]c(C(=O)[C@H](C)OC(=O)CCN2C(=O)[C@@H]3CC=CC[C@H]3C2=O)c1C. The molecule has 0 radical (unpaired) electrons. The number of hydrogen-bond donors (Lipinski definition) is 1. The van der Waals surface area contributed by atoms with Crippen molar-refractivity contribution in [3.63, 3.8) is 0 Å². The van der Waals surface area contributed by atoms with Crippen LogP contribution < -0.4 is 0 Å². The van der Waals surface area contributed by atoms with Gasteiger partial charge in [0.1, 0.15) is 0 Å². The largest absolute Gasteiger partial charge is 0.465 e. The van der Waals surface area contributed by atoms with E-state index < -0.39 is 23.8 Å². The summed E-state index contributed by atoms with van der Waals surface area (Å²) in [4.78, 5) is 65.8. The van der Waals surface area contributed by atoms with Gasteiger partial charge < -0.3 is 14.5 Å². The number of ketones is 1. The molecule has 0 bridgehead atoms. The van der Waals surface area contributed by atoms with Crippen molar-refractivity contribution in [2.45, 2.75) is 46.1 Å². The van der Waals surface area contributed by atoms with Crippen LogP contribution in [0.15, 0.2) is 12.2 Å². The standard InChI is InChI=1S/C22H26N2O7/c1-11-17(22(29)30-4)12(2)23-18(11)19(26)13(3)31-16(25)9-10-24-20(27)14-7-5-6-8-15(14)21(24)28/h5-6,13-15,23H,7-10H2,1-4H3/t13-,14+,15+/m0/s1. The molecule has 9 heteroatoms. The second-order valence-electron chi connectivity index (χ2n) is 7.85. The number of imide groups is 1. The Labute approximate surface area is 179 Å². The van der Waals surface area contributed by atoms with Crippen molar-refractivity contribution in [3.05, 3.63) is 34.7 Å². The average Bonchev–Trinajstić information content (AvgIpc) is 3.18. The third-order valence-electron chi connectivity index (χ3n) is 5.89. The highest BCUT2D eigenvalue weighted by Crippen LogP contribution is 2.35. The molecule has 1 saturated heterocycles. The number of nitrogens with zero attached hydrogens (tertiary/aromatic N) is 1. The van der Waals surface area contributed by atoms with E-state index in [0.29, 0.717) is 24.1 Å². The Hall–Kier alpha value is -3.23. The Balaban J connectivity index is 1.59. The molecule has 0 saturated carbocycles. The van der Waals surface area contributed by atoms with Gasteiger partial charge in [0.25, 0.3) is 0 Å². The molecule has 2 aliphatic rings. The Kier molecular flexibility index (Phi) is 6.42. The summed E-state index contributed by atoms with van der Waals surface area (Å²) in [6, 6.07) is 0. The van der Waals surface area contributed by atoms with Crippen molar-refractivity contribution >= 4 is 29.5 Å². The maximum absolute atomic E-state index is 12.7. The first-order valence-electron chi connectivity index (χ1n) is 10.2. The van der Waals surface area contributed by atoms with Crippen molar-refractivity contribution in [3.8, 4) is 0 Å². The summed E-state index contributed by atoms with van der Waals surface area (Å²) in [6.07, 6.45) is 3.55. The van der Waals surface area contributed by atoms with Gasteiger partial charge in [0.2, 0.25) is 17.6 Å². The van der Waals surface area contributed by atoms with Crippen LogP contribution in [0.5, 0.6) is 0 Å². The fourth-order valence-corrected chi connectivity index (χ4v) is 4.21. The van der Waals surface area contributed by atoms with Gasteiger partial charge in [-0.25, -0.2) is 4.79 Å². The van der Waals surface area contributed by atoms with Gasteiger partial charge in [-0.2, -0.15) is 0 Å². The second kappa shape index (κ2) is 8.87. The molecule has 166 valence electrons. The lowest BCUT2D eigenvalue weighted by Gasteiger charge is -2.16. The van der Waals surface area contributed by atoms with E-state index in [-0.39, 0.29) is 47.9 Å². The van der Waals surface area contributed by atoms with Crippen LogP contribution in [0.25, 0.3) is 0 Å². The van der Waals surface area contributed by atoms with Crippen LogP contribution in [0.1, 0.15) is 58.3 Å². The molecule has 0 unspecified atom stereocenters. The number of likely N-dealkylation sites (tertiary alicyclic amines) is 1. The van der Waals surface area contributed by atoms with Gasteiger partial charge in [-0.05, 0) is 39.2 Å². The highest BCUT2D eigenvalue weighted by molar-refractivity contribution is 6.06. The molecule has 1 aliphatic carbocycles. The van der Waals surface area contributed by atoms with Crippen LogP contribution in [-0.4, -0.2) is 59.2 Å². The van der Waals surface area contributed by atoms with Crippen molar-refractivity contribution in [2.75, 3.05) is 13.7 Å². The number of hydrogen-bond acceptors (Lipinski definition) is 7. The molecule has 3 atom stereocenters. The third-order valence-corrected chi connectivity index (χ3v) is 5.89. The maximum atomic E-state index is 12.7. The van der Waals surface area contributed by atoms with Crippen LogP contribution in [-0.2, 0) is 23.9 Å². The molecular weight excluding hydrogens is 404 g/mol. The summed E-state index contributed by atoms with van der Waals surface area (Å²) < 4.78 is 9.95. The number of fused-ring (bicyclic) bond motifs is 1. The first kappa shape index (κ1) is 22.5. The van der Waals surface area contributed by atoms with Crippen LogP contribution in [0, 0.1) is 25.7 Å². The fraction of sp³-hybridized carbons (Fsp3) is 0.500. The number of amides is 2. The van der Waals surface area contributed by atoms with Gasteiger partial charge >= 0.3 is 11.9 Å². The van der Waals surface area contributed by atoms with Gasteiger partial charge in [-0.3, -0.25) is 24.1 Å². The zero-order valence-corrected chi connectivity index (χ0v) is 18.0. The van der Waals surface area contributed by atoms with Crippen molar-refractivity contribution in [1.82, 2.24) is 9.88 Å². The maximum Gasteiger partial charge on any atom is 0.339 e. The van der Waals surface area contributed by atoms with Gasteiger partial charge in [0.15, 0.2) is 6.10 Å². The molecule has 1 aromatic rings. The van der Waals surface area contributed by atoms with Gasteiger partial charge in [-0.15, -0.1) is 0 Å². The molecule has 1 N–H and O–H groups in total. The zero-order chi connectivity index (χ0) is 22.9. The molecular formula is C22H26N2O7. The number of nitrogens with one attached hydrogen (secondary N) is 1. The minimum atomic E-state index is -1.11. The summed E-state index contributed by atoms with van der Waals surface area (Å²) in [6.45, 7) is 4.61. The lowest BCUT2D eigenvalue weighted by Crippen LogP contribution is -2.34. The molecule has 9 nitrogen and oxygen atoms in total. The lowest BCUT2D eigenvalue weighted by atomic mass is 9.85. The number of esters is 2. The van der Waals surface area contributed by atoms with Crippen LogP contribution >= 0.6 is 0 Å². The summed E-state index contributed by atoms with van der Waals surface area (Å²) in [5.74, 6) is -2.97. The molecule has 0 spiro atoms. The minimum absolute atomic E-state index is 0.0719. The summed E-state index contributed by atoms with van der Waals surface area (Å²) in [7, 11) is 1.25. The van der Waals surface area contributed by atoms with Crippen LogP contribution in [0.3, 0.4) is 0 Å². The fourth-order valence-electron chi connectivity index (χ4n) is 4.21. The monoisotopic (exact) mass is 430 g/mol. The van der Waals surface area contributed by atoms with Gasteiger partial charge in [-0.1, -0.05) is 12.2 Å². The second-order valence-corrected chi connectivity index (χ2v) is 7.85. The van der Waals surface area contributed by atoms with E-state index in [1.54, 1.807) is 13.8 Å². The number of methoxy groups -OCH3 is 1. The zero-order valence-electron chi connectivity index (χ0n) is 18.0. The number of carbonyl (C=O) groups is 5. The molecule has 31 heavy (non-hydrogen) atoms. The summed E-state index contributed by atoms with van der Waals surface area (Å²) in [5, 5.41) is 0. The number of H-pyrrole nitrogens is 1. The number of carbonyl (C=O) groups excluding carboxylic acids is 5. The quantitative estimate of drug-likeness (QED) is 0.303. The summed E-state index contributed by atoms with van der Waals surface area (Å²) in [5.41, 5.74) is 1.33. The van der Waals surface area contributed by atoms with Crippen molar-refractivity contribution in [2.24, 2.45) is 11.8 Å². The number of aromatic nitrogens is 1. The van der Waals surface area contributed by atoms with Gasteiger partial charge in [0.05, 0.1) is 36.6 Å². The number of allylic oxidation sites excluding steroid dienone is 2. The van der Waals surface area contributed by atoms with Gasteiger partial charge in [0, 0.05) is 12.2 Å². The van der Waals surface area contributed by atoms with E-state index in [4.69, 9.17) is 9.47 Å². The van der Waals surface area contributed by atoms with Crippen molar-refractivity contribution in [1.29, 1.82) is 0 Å². The molecule has 3 rings (SSSR count). The Morgan fingerprint density at radius 1 is 1.13 bits per heavy atom. The third kappa shape index (κ3) is 4.17.